The zero-order valence-electron chi connectivity index (χ0n) is 12.3. The van der Waals surface area contributed by atoms with E-state index >= 15 is 0 Å². The van der Waals surface area contributed by atoms with E-state index in [2.05, 4.69) is 0 Å². The van der Waals surface area contributed by atoms with Gasteiger partial charge in [-0.25, -0.2) is 4.79 Å². The van der Waals surface area contributed by atoms with Crippen LogP contribution in [0, 0.1) is 10.1 Å². The molecular formula is C16H13N3O4. The van der Waals surface area contributed by atoms with Crippen molar-refractivity contribution in [2.45, 2.75) is 13.5 Å². The molecule has 3 aromatic rings. The quantitative estimate of drug-likeness (QED) is 0.547. The molecule has 0 radical (unpaired) electrons. The molecule has 1 heterocycles. The first-order chi connectivity index (χ1) is 11.0. The molecule has 3 rings (SSSR count). The zero-order valence-corrected chi connectivity index (χ0v) is 12.3. The fourth-order valence-electron chi connectivity index (χ4n) is 2.58. The summed E-state index contributed by atoms with van der Waals surface area (Å²) < 4.78 is 2.44. The molecule has 23 heavy (non-hydrogen) atoms. The Morgan fingerprint density at radius 1 is 1.09 bits per heavy atom. The van der Waals surface area contributed by atoms with Gasteiger partial charge in [-0.1, -0.05) is 18.2 Å². The van der Waals surface area contributed by atoms with Gasteiger partial charge in [0.15, 0.2) is 0 Å². The second kappa shape index (κ2) is 5.53. The molecule has 0 unspecified atom stereocenters. The van der Waals surface area contributed by atoms with E-state index in [-0.39, 0.29) is 17.8 Å². The third-order valence-corrected chi connectivity index (χ3v) is 3.66. The van der Waals surface area contributed by atoms with Crippen LogP contribution in [-0.2, 0) is 6.54 Å². The van der Waals surface area contributed by atoms with Crippen molar-refractivity contribution < 1.29 is 4.92 Å². The smallest absolute Gasteiger partial charge is 0.268 e. The number of hydrogen-bond acceptors (Lipinski definition) is 4. The second-order valence-corrected chi connectivity index (χ2v) is 4.96. The van der Waals surface area contributed by atoms with Gasteiger partial charge in [-0.15, -0.1) is 0 Å². The molecule has 0 saturated heterocycles. The summed E-state index contributed by atoms with van der Waals surface area (Å²) in [6.07, 6.45) is 0. The van der Waals surface area contributed by atoms with Crippen molar-refractivity contribution in [2.24, 2.45) is 0 Å². The number of nitro groups is 1. The van der Waals surface area contributed by atoms with E-state index in [9.17, 15) is 19.7 Å². The number of para-hydroxylation sites is 1. The van der Waals surface area contributed by atoms with Gasteiger partial charge in [0, 0.05) is 18.7 Å². The van der Waals surface area contributed by atoms with Crippen LogP contribution in [0.5, 0.6) is 0 Å². The molecule has 0 N–H and O–H groups in total. The molecule has 0 aliphatic carbocycles. The van der Waals surface area contributed by atoms with Crippen molar-refractivity contribution >= 4 is 16.6 Å². The summed E-state index contributed by atoms with van der Waals surface area (Å²) >= 11 is 0. The average Bonchev–Trinajstić information content (AvgIpc) is 2.56. The first-order valence-corrected chi connectivity index (χ1v) is 7.04. The summed E-state index contributed by atoms with van der Waals surface area (Å²) in [5, 5.41) is 11.4. The van der Waals surface area contributed by atoms with Crippen LogP contribution >= 0.6 is 0 Å². The van der Waals surface area contributed by atoms with Crippen molar-refractivity contribution in [3.05, 3.63) is 79.5 Å². The van der Waals surface area contributed by atoms with Crippen LogP contribution in [0.3, 0.4) is 0 Å². The third-order valence-electron chi connectivity index (χ3n) is 3.66. The Bertz CT molecular complexity index is 1030. The fourth-order valence-corrected chi connectivity index (χ4v) is 2.58. The van der Waals surface area contributed by atoms with E-state index in [0.717, 1.165) is 4.57 Å². The lowest BCUT2D eigenvalue weighted by molar-refractivity contribution is -0.384. The van der Waals surface area contributed by atoms with Crippen LogP contribution in [0.1, 0.15) is 6.92 Å². The third kappa shape index (κ3) is 2.32. The normalized spacial score (nSPS) is 10.8. The van der Waals surface area contributed by atoms with Gasteiger partial charge in [-0.05, 0) is 25.1 Å². The van der Waals surface area contributed by atoms with Crippen molar-refractivity contribution in [3.8, 4) is 5.69 Å². The number of nitrogens with zero attached hydrogens (tertiary/aromatic N) is 3. The standard InChI is InChI=1S/C16H13N3O4/c1-2-17-15(20)13-8-3-4-9-14(13)18(16(17)21)11-6-5-7-12(10-11)19(22)23/h3-10H,2H2,1H3. The van der Waals surface area contributed by atoms with Crippen LogP contribution in [0.4, 0.5) is 5.69 Å². The summed E-state index contributed by atoms with van der Waals surface area (Å²) in [6, 6.07) is 12.5. The summed E-state index contributed by atoms with van der Waals surface area (Å²) in [5.41, 5.74) is -0.227. The van der Waals surface area contributed by atoms with Crippen LogP contribution in [-0.4, -0.2) is 14.1 Å². The molecule has 2 aromatic carbocycles. The molecule has 0 bridgehead atoms. The van der Waals surface area contributed by atoms with Gasteiger partial charge in [-0.2, -0.15) is 0 Å². The molecule has 1 aromatic heterocycles. The maximum Gasteiger partial charge on any atom is 0.336 e. The van der Waals surface area contributed by atoms with E-state index in [4.69, 9.17) is 0 Å². The van der Waals surface area contributed by atoms with Gasteiger partial charge in [0.25, 0.3) is 11.2 Å². The maximum atomic E-state index is 12.7. The minimum absolute atomic E-state index is 0.118. The molecule has 7 nitrogen and oxygen atoms in total. The maximum absolute atomic E-state index is 12.7. The van der Waals surface area contributed by atoms with Gasteiger partial charge in [0.1, 0.15) is 0 Å². The summed E-state index contributed by atoms with van der Waals surface area (Å²) in [6.45, 7) is 1.92. The first kappa shape index (κ1) is 14.7. The van der Waals surface area contributed by atoms with Gasteiger partial charge in [-0.3, -0.25) is 24.0 Å². The van der Waals surface area contributed by atoms with Crippen molar-refractivity contribution in [3.63, 3.8) is 0 Å². The van der Waals surface area contributed by atoms with E-state index in [0.29, 0.717) is 16.6 Å². The highest BCUT2D eigenvalue weighted by Crippen LogP contribution is 2.18. The minimum Gasteiger partial charge on any atom is -0.268 e. The Balaban J connectivity index is 2.47. The first-order valence-electron chi connectivity index (χ1n) is 7.04. The average molecular weight is 311 g/mol. The molecule has 0 fully saturated rings. The van der Waals surface area contributed by atoms with Gasteiger partial charge < -0.3 is 0 Å². The lowest BCUT2D eigenvalue weighted by atomic mass is 10.2. The van der Waals surface area contributed by atoms with E-state index in [1.54, 1.807) is 37.3 Å². The highest BCUT2D eigenvalue weighted by Gasteiger charge is 2.15. The van der Waals surface area contributed by atoms with E-state index in [1.165, 1.54) is 22.8 Å². The summed E-state index contributed by atoms with van der Waals surface area (Å²) in [4.78, 5) is 35.5. The monoisotopic (exact) mass is 311 g/mol. The molecule has 0 amide bonds. The number of benzene rings is 2. The van der Waals surface area contributed by atoms with Gasteiger partial charge in [0.2, 0.25) is 0 Å². The lowest BCUT2D eigenvalue weighted by Crippen LogP contribution is -2.39. The molecule has 0 aliphatic heterocycles. The number of hydrogen-bond donors (Lipinski definition) is 0. The largest absolute Gasteiger partial charge is 0.336 e. The van der Waals surface area contributed by atoms with E-state index in [1.807, 2.05) is 0 Å². The Hall–Kier alpha value is -3.22. The molecule has 0 saturated carbocycles. The topological polar surface area (TPSA) is 87.1 Å². The van der Waals surface area contributed by atoms with Crippen LogP contribution in [0.2, 0.25) is 0 Å². The Kier molecular flexibility index (Phi) is 3.53. The predicted molar refractivity (Wildman–Crippen MR) is 86.1 cm³/mol. The van der Waals surface area contributed by atoms with Crippen LogP contribution in [0.15, 0.2) is 58.1 Å². The van der Waals surface area contributed by atoms with Crippen molar-refractivity contribution in [1.82, 2.24) is 9.13 Å². The SMILES string of the molecule is CCn1c(=O)c2ccccc2n(-c2cccc([N+](=O)[O-])c2)c1=O. The Labute approximate surface area is 130 Å². The fraction of sp³-hybridized carbons (Fsp3) is 0.125. The van der Waals surface area contributed by atoms with E-state index < -0.39 is 10.6 Å². The predicted octanol–water partition coefficient (Wildman–Crippen LogP) is 2.08. The lowest BCUT2D eigenvalue weighted by Gasteiger charge is -2.13. The second-order valence-electron chi connectivity index (χ2n) is 4.96. The molecule has 0 aliphatic rings. The Morgan fingerprint density at radius 2 is 1.83 bits per heavy atom. The highest BCUT2D eigenvalue weighted by atomic mass is 16.6. The highest BCUT2D eigenvalue weighted by molar-refractivity contribution is 5.79. The summed E-state index contributed by atoms with van der Waals surface area (Å²) in [7, 11) is 0. The minimum atomic E-state index is -0.521. The number of fused-ring (bicyclic) bond motifs is 1. The zero-order chi connectivity index (χ0) is 16.6. The molecule has 0 spiro atoms. The molecule has 7 heteroatoms. The van der Waals surface area contributed by atoms with Crippen LogP contribution < -0.4 is 11.2 Å². The number of nitro benzene ring substituents is 1. The van der Waals surface area contributed by atoms with Crippen LogP contribution in [0.25, 0.3) is 16.6 Å². The molecular weight excluding hydrogens is 298 g/mol. The Morgan fingerprint density at radius 3 is 2.52 bits per heavy atom. The van der Waals surface area contributed by atoms with Crippen molar-refractivity contribution in [1.29, 1.82) is 0 Å². The number of non-ortho nitro benzene ring substituents is 1. The number of rotatable bonds is 3. The van der Waals surface area contributed by atoms with Gasteiger partial charge in [0.05, 0.1) is 21.5 Å². The number of aromatic nitrogens is 2. The van der Waals surface area contributed by atoms with Gasteiger partial charge >= 0.3 is 5.69 Å². The molecule has 116 valence electrons. The molecule has 0 atom stereocenters. The van der Waals surface area contributed by atoms with Crippen molar-refractivity contribution in [2.75, 3.05) is 0 Å². The summed E-state index contributed by atoms with van der Waals surface area (Å²) in [5.74, 6) is 0.